The van der Waals surface area contributed by atoms with Gasteiger partial charge < -0.3 is 10.6 Å². The summed E-state index contributed by atoms with van der Waals surface area (Å²) in [6.07, 6.45) is 0. The molecule has 1 saturated heterocycles. The maximum Gasteiger partial charge on any atom is 0.289 e. The Balaban J connectivity index is 0.00000288. The lowest BCUT2D eigenvalue weighted by Gasteiger charge is -2.34. The Labute approximate surface area is 146 Å². The number of carbonyl (C=O) groups excluding carboxylic acids is 1. The van der Waals surface area contributed by atoms with E-state index in [2.05, 4.69) is 0 Å². The van der Waals surface area contributed by atoms with Gasteiger partial charge in [0, 0.05) is 32.2 Å². The fourth-order valence-electron chi connectivity index (χ4n) is 2.40. The number of rotatable bonds is 4. The van der Waals surface area contributed by atoms with E-state index in [1.54, 1.807) is 6.92 Å². The molecule has 0 radical (unpaired) electrons. The van der Waals surface area contributed by atoms with Gasteiger partial charge in [0.1, 0.15) is 0 Å². The summed E-state index contributed by atoms with van der Waals surface area (Å²) in [5.41, 5.74) is 5.08. The molecule has 0 aromatic heterocycles. The number of carbonyl (C=O) groups is 1. The van der Waals surface area contributed by atoms with Gasteiger partial charge in [0.25, 0.3) is 5.69 Å². The summed E-state index contributed by atoms with van der Waals surface area (Å²) in [5.74, 6) is -0.243. The standard InChI is InChI=1S/C13H18N4O5S.ClH/c1-10(14)13(18)15-6-8-16(9-7-15)23(21,22)12-5-3-2-4-11(12)17(19)20;/h2-5,10H,6-9,14H2,1H3;1H/t10-;/m1./s1. The summed E-state index contributed by atoms with van der Waals surface area (Å²) in [7, 11) is -3.98. The predicted octanol–water partition coefficient (Wildman–Crippen LogP) is 0.197. The van der Waals surface area contributed by atoms with E-state index in [4.69, 9.17) is 5.73 Å². The molecule has 1 amide bonds. The van der Waals surface area contributed by atoms with Crippen LogP contribution in [0.15, 0.2) is 29.2 Å². The van der Waals surface area contributed by atoms with Crippen molar-refractivity contribution in [2.75, 3.05) is 26.2 Å². The van der Waals surface area contributed by atoms with Gasteiger partial charge in [-0.3, -0.25) is 14.9 Å². The Morgan fingerprint density at radius 1 is 1.25 bits per heavy atom. The Morgan fingerprint density at radius 3 is 2.29 bits per heavy atom. The number of para-hydroxylation sites is 1. The first-order chi connectivity index (χ1) is 10.7. The maximum absolute atomic E-state index is 12.6. The molecule has 11 heteroatoms. The average Bonchev–Trinajstić information content (AvgIpc) is 2.54. The number of nitro groups is 1. The first-order valence-electron chi connectivity index (χ1n) is 7.03. The number of amides is 1. The van der Waals surface area contributed by atoms with Gasteiger partial charge in [-0.15, -0.1) is 12.4 Å². The van der Waals surface area contributed by atoms with Crippen LogP contribution in [-0.4, -0.2) is 60.7 Å². The van der Waals surface area contributed by atoms with Gasteiger partial charge in [0.2, 0.25) is 15.9 Å². The first-order valence-corrected chi connectivity index (χ1v) is 8.47. The molecule has 1 aromatic carbocycles. The summed E-state index contributed by atoms with van der Waals surface area (Å²) < 4.78 is 26.4. The molecule has 24 heavy (non-hydrogen) atoms. The lowest BCUT2D eigenvalue weighted by atomic mass is 10.2. The number of sulfonamides is 1. The highest BCUT2D eigenvalue weighted by Gasteiger charge is 2.34. The normalized spacial score (nSPS) is 17.0. The molecule has 1 fully saturated rings. The third-order valence-corrected chi connectivity index (χ3v) is 5.57. The van der Waals surface area contributed by atoms with Gasteiger partial charge in [0.15, 0.2) is 4.90 Å². The molecule has 0 unspecified atom stereocenters. The minimum Gasteiger partial charge on any atom is -0.339 e. The average molecular weight is 379 g/mol. The molecule has 1 aliphatic heterocycles. The zero-order valence-corrected chi connectivity index (χ0v) is 14.6. The van der Waals surface area contributed by atoms with Crippen molar-refractivity contribution in [1.29, 1.82) is 0 Å². The van der Waals surface area contributed by atoms with Crippen LogP contribution in [0.2, 0.25) is 0 Å². The lowest BCUT2D eigenvalue weighted by molar-refractivity contribution is -0.387. The minimum absolute atomic E-state index is 0. The van der Waals surface area contributed by atoms with Crippen molar-refractivity contribution in [1.82, 2.24) is 9.21 Å². The van der Waals surface area contributed by atoms with Gasteiger partial charge in [-0.05, 0) is 13.0 Å². The van der Waals surface area contributed by atoms with Gasteiger partial charge >= 0.3 is 0 Å². The van der Waals surface area contributed by atoms with E-state index in [1.165, 1.54) is 23.1 Å². The highest BCUT2D eigenvalue weighted by atomic mass is 35.5. The monoisotopic (exact) mass is 378 g/mol. The number of nitrogens with zero attached hydrogens (tertiary/aromatic N) is 3. The van der Waals surface area contributed by atoms with Crippen molar-refractivity contribution in [3.63, 3.8) is 0 Å². The Kier molecular flexibility index (Phi) is 6.67. The van der Waals surface area contributed by atoms with Crippen LogP contribution in [-0.2, 0) is 14.8 Å². The fraction of sp³-hybridized carbons (Fsp3) is 0.462. The van der Waals surface area contributed by atoms with E-state index >= 15 is 0 Å². The Hall–Kier alpha value is -1.75. The van der Waals surface area contributed by atoms with E-state index in [-0.39, 0.29) is 49.4 Å². The first kappa shape index (κ1) is 20.3. The molecule has 0 aliphatic carbocycles. The zero-order chi connectivity index (χ0) is 17.2. The number of hydrogen-bond acceptors (Lipinski definition) is 6. The highest BCUT2D eigenvalue weighted by molar-refractivity contribution is 7.89. The van der Waals surface area contributed by atoms with E-state index in [0.29, 0.717) is 0 Å². The van der Waals surface area contributed by atoms with Crippen molar-refractivity contribution >= 4 is 34.0 Å². The second-order valence-corrected chi connectivity index (χ2v) is 7.15. The number of nitro benzene ring substituents is 1. The predicted molar refractivity (Wildman–Crippen MR) is 89.3 cm³/mol. The number of hydrogen-bond donors (Lipinski definition) is 1. The molecule has 2 N–H and O–H groups in total. The van der Waals surface area contributed by atoms with Gasteiger partial charge in [-0.2, -0.15) is 4.31 Å². The van der Waals surface area contributed by atoms with E-state index in [1.807, 2.05) is 0 Å². The van der Waals surface area contributed by atoms with Crippen molar-refractivity contribution in [3.8, 4) is 0 Å². The lowest BCUT2D eigenvalue weighted by Crippen LogP contribution is -2.53. The minimum atomic E-state index is -3.98. The number of halogens is 1. The van der Waals surface area contributed by atoms with Crippen molar-refractivity contribution in [2.45, 2.75) is 17.9 Å². The molecule has 1 aliphatic rings. The van der Waals surface area contributed by atoms with E-state index < -0.39 is 26.7 Å². The molecular weight excluding hydrogens is 360 g/mol. The summed E-state index contributed by atoms with van der Waals surface area (Å²) in [4.78, 5) is 23.3. The molecule has 0 spiro atoms. The zero-order valence-electron chi connectivity index (χ0n) is 13.0. The summed E-state index contributed by atoms with van der Waals surface area (Å²) in [6.45, 7) is 2.14. The number of benzene rings is 1. The van der Waals surface area contributed by atoms with Gasteiger partial charge in [0.05, 0.1) is 11.0 Å². The summed E-state index contributed by atoms with van der Waals surface area (Å²) >= 11 is 0. The van der Waals surface area contributed by atoms with Gasteiger partial charge in [-0.25, -0.2) is 8.42 Å². The van der Waals surface area contributed by atoms with Crippen LogP contribution in [0.5, 0.6) is 0 Å². The Morgan fingerprint density at radius 2 is 1.79 bits per heavy atom. The highest BCUT2D eigenvalue weighted by Crippen LogP contribution is 2.26. The van der Waals surface area contributed by atoms with E-state index in [0.717, 1.165) is 10.4 Å². The molecule has 2 rings (SSSR count). The third-order valence-electron chi connectivity index (χ3n) is 3.62. The summed E-state index contributed by atoms with van der Waals surface area (Å²) in [5, 5.41) is 11.0. The second kappa shape index (κ2) is 7.88. The van der Waals surface area contributed by atoms with Crippen LogP contribution < -0.4 is 5.73 Å². The van der Waals surface area contributed by atoms with Crippen LogP contribution in [0.3, 0.4) is 0 Å². The maximum atomic E-state index is 12.6. The summed E-state index contributed by atoms with van der Waals surface area (Å²) in [6, 6.07) is 4.58. The second-order valence-electron chi connectivity index (χ2n) is 5.24. The number of nitrogens with two attached hydrogens (primary N) is 1. The molecule has 0 saturated carbocycles. The molecule has 134 valence electrons. The van der Waals surface area contributed by atoms with Crippen LogP contribution in [0.4, 0.5) is 5.69 Å². The molecule has 1 aromatic rings. The Bertz CT molecular complexity index is 717. The molecule has 0 bridgehead atoms. The fourth-order valence-corrected chi connectivity index (χ4v) is 3.98. The number of piperazine rings is 1. The van der Waals surface area contributed by atoms with Crippen LogP contribution in [0, 0.1) is 10.1 Å². The van der Waals surface area contributed by atoms with Gasteiger partial charge in [-0.1, -0.05) is 12.1 Å². The quantitative estimate of drug-likeness (QED) is 0.588. The van der Waals surface area contributed by atoms with Crippen LogP contribution in [0.1, 0.15) is 6.92 Å². The smallest absolute Gasteiger partial charge is 0.289 e. The van der Waals surface area contributed by atoms with E-state index in [9.17, 15) is 23.3 Å². The van der Waals surface area contributed by atoms with Crippen LogP contribution >= 0.6 is 12.4 Å². The molecule has 1 heterocycles. The van der Waals surface area contributed by atoms with Crippen molar-refractivity contribution in [2.24, 2.45) is 5.73 Å². The molecule has 1 atom stereocenters. The van der Waals surface area contributed by atoms with Crippen LogP contribution in [0.25, 0.3) is 0 Å². The molecular formula is C13H19ClN4O5S. The SMILES string of the molecule is C[C@@H](N)C(=O)N1CCN(S(=O)(=O)c2ccccc2[N+](=O)[O-])CC1.Cl. The molecule has 9 nitrogen and oxygen atoms in total. The topological polar surface area (TPSA) is 127 Å². The largest absolute Gasteiger partial charge is 0.339 e. The van der Waals surface area contributed by atoms with Crippen molar-refractivity contribution < 1.29 is 18.1 Å². The van der Waals surface area contributed by atoms with Crippen molar-refractivity contribution in [3.05, 3.63) is 34.4 Å². The third kappa shape index (κ3) is 4.01.